The summed E-state index contributed by atoms with van der Waals surface area (Å²) in [7, 11) is 0. The molecule has 0 radical (unpaired) electrons. The molecule has 2 rings (SSSR count). The monoisotopic (exact) mass is 346 g/mol. The van der Waals surface area contributed by atoms with Crippen LogP contribution in [0.25, 0.3) is 0 Å². The van der Waals surface area contributed by atoms with Gasteiger partial charge in [0.1, 0.15) is 0 Å². The topological polar surface area (TPSA) is 42.0 Å². The van der Waals surface area contributed by atoms with Crippen LogP contribution >= 0.6 is 31.9 Å². The number of amides is 1. The fourth-order valence-electron chi connectivity index (χ4n) is 1.44. The number of aromatic nitrogens is 1. The standard InChI is InChI=1S/C11H12Br2N2O/c12-6-11(1-2-11)7-15-10(16)8-3-9(13)5-14-4-8/h3-5H,1-2,6-7H2,(H,15,16). The summed E-state index contributed by atoms with van der Waals surface area (Å²) < 4.78 is 0.821. The zero-order chi connectivity index (χ0) is 11.6. The Balaban J connectivity index is 1.93. The molecule has 1 fully saturated rings. The van der Waals surface area contributed by atoms with Gasteiger partial charge in [0.05, 0.1) is 5.56 Å². The molecule has 1 aliphatic rings. The first-order valence-electron chi connectivity index (χ1n) is 5.10. The van der Waals surface area contributed by atoms with Crippen LogP contribution in [0.3, 0.4) is 0 Å². The number of carbonyl (C=O) groups is 1. The van der Waals surface area contributed by atoms with Crippen molar-refractivity contribution >= 4 is 37.8 Å². The van der Waals surface area contributed by atoms with E-state index in [1.807, 2.05) is 0 Å². The first-order chi connectivity index (χ1) is 7.65. The van der Waals surface area contributed by atoms with Gasteiger partial charge in [0.15, 0.2) is 0 Å². The fraction of sp³-hybridized carbons (Fsp3) is 0.455. The summed E-state index contributed by atoms with van der Waals surface area (Å²) in [4.78, 5) is 15.8. The van der Waals surface area contributed by atoms with Crippen LogP contribution in [0.4, 0.5) is 0 Å². The molecule has 1 N–H and O–H groups in total. The lowest BCUT2D eigenvalue weighted by molar-refractivity contribution is 0.0946. The molecule has 0 saturated heterocycles. The Morgan fingerprint density at radius 2 is 2.25 bits per heavy atom. The molecule has 1 amide bonds. The molecule has 16 heavy (non-hydrogen) atoms. The van der Waals surface area contributed by atoms with Gasteiger partial charge in [-0.05, 0) is 40.3 Å². The highest BCUT2D eigenvalue weighted by Gasteiger charge is 2.41. The normalized spacial score (nSPS) is 16.9. The van der Waals surface area contributed by atoms with Crippen LogP contribution in [0.2, 0.25) is 0 Å². The molecule has 0 aromatic carbocycles. The zero-order valence-electron chi connectivity index (χ0n) is 8.67. The molecule has 0 atom stereocenters. The number of hydrogen-bond acceptors (Lipinski definition) is 2. The Kier molecular flexibility index (Phi) is 3.64. The van der Waals surface area contributed by atoms with Crippen molar-refractivity contribution in [3.8, 4) is 0 Å². The van der Waals surface area contributed by atoms with Crippen molar-refractivity contribution in [3.63, 3.8) is 0 Å². The van der Waals surface area contributed by atoms with Crippen molar-refractivity contribution < 1.29 is 4.79 Å². The molecule has 0 bridgehead atoms. The number of pyridine rings is 1. The maximum Gasteiger partial charge on any atom is 0.252 e. The summed E-state index contributed by atoms with van der Waals surface area (Å²) in [5.41, 5.74) is 0.898. The average molecular weight is 348 g/mol. The van der Waals surface area contributed by atoms with Crippen LogP contribution < -0.4 is 5.32 Å². The summed E-state index contributed by atoms with van der Waals surface area (Å²) in [5, 5.41) is 3.91. The van der Waals surface area contributed by atoms with Crippen LogP contribution in [0.5, 0.6) is 0 Å². The molecule has 1 aromatic heterocycles. The quantitative estimate of drug-likeness (QED) is 0.851. The van der Waals surface area contributed by atoms with Gasteiger partial charge in [-0.2, -0.15) is 0 Å². The van der Waals surface area contributed by atoms with Gasteiger partial charge < -0.3 is 5.32 Å². The predicted octanol–water partition coefficient (Wildman–Crippen LogP) is 2.75. The largest absolute Gasteiger partial charge is 0.351 e. The number of nitrogens with zero attached hydrogens (tertiary/aromatic N) is 1. The number of nitrogens with one attached hydrogen (secondary N) is 1. The Labute approximate surface area is 111 Å². The summed E-state index contributed by atoms with van der Waals surface area (Å²) in [6, 6.07) is 1.77. The van der Waals surface area contributed by atoms with E-state index in [1.54, 1.807) is 18.5 Å². The molecule has 5 heteroatoms. The van der Waals surface area contributed by atoms with Gasteiger partial charge in [-0.3, -0.25) is 9.78 Å². The van der Waals surface area contributed by atoms with E-state index in [-0.39, 0.29) is 5.91 Å². The number of halogens is 2. The van der Waals surface area contributed by atoms with Gasteiger partial charge in [0.2, 0.25) is 0 Å². The van der Waals surface area contributed by atoms with E-state index >= 15 is 0 Å². The minimum absolute atomic E-state index is 0.0546. The third kappa shape index (κ3) is 2.83. The van der Waals surface area contributed by atoms with Gasteiger partial charge in [-0.15, -0.1) is 0 Å². The predicted molar refractivity (Wildman–Crippen MR) is 69.7 cm³/mol. The van der Waals surface area contributed by atoms with Crippen molar-refractivity contribution in [2.24, 2.45) is 5.41 Å². The lowest BCUT2D eigenvalue weighted by Crippen LogP contribution is -2.30. The number of alkyl halides is 1. The molecule has 86 valence electrons. The minimum Gasteiger partial charge on any atom is -0.351 e. The van der Waals surface area contributed by atoms with Crippen molar-refractivity contribution in [3.05, 3.63) is 28.5 Å². The van der Waals surface area contributed by atoms with E-state index in [2.05, 4.69) is 42.2 Å². The fourth-order valence-corrected chi connectivity index (χ4v) is 2.56. The van der Waals surface area contributed by atoms with Crippen molar-refractivity contribution in [2.75, 3.05) is 11.9 Å². The highest BCUT2D eigenvalue weighted by Crippen LogP contribution is 2.46. The Morgan fingerprint density at radius 1 is 1.50 bits per heavy atom. The first-order valence-corrected chi connectivity index (χ1v) is 7.01. The molecule has 1 heterocycles. The second-order valence-electron chi connectivity index (χ2n) is 4.21. The number of hydrogen-bond donors (Lipinski definition) is 1. The van der Waals surface area contributed by atoms with E-state index in [4.69, 9.17) is 0 Å². The van der Waals surface area contributed by atoms with Crippen molar-refractivity contribution in [1.82, 2.24) is 10.3 Å². The molecule has 3 nitrogen and oxygen atoms in total. The number of carbonyl (C=O) groups excluding carboxylic acids is 1. The third-order valence-electron chi connectivity index (χ3n) is 2.83. The third-order valence-corrected chi connectivity index (χ3v) is 4.45. The maximum atomic E-state index is 11.8. The highest BCUT2D eigenvalue weighted by atomic mass is 79.9. The van der Waals surface area contributed by atoms with E-state index in [9.17, 15) is 4.79 Å². The summed E-state index contributed by atoms with van der Waals surface area (Å²) >= 11 is 6.78. The molecule has 1 aromatic rings. The van der Waals surface area contributed by atoms with Crippen LogP contribution in [0.1, 0.15) is 23.2 Å². The Hall–Kier alpha value is -0.420. The van der Waals surface area contributed by atoms with Gasteiger partial charge in [0, 0.05) is 28.7 Å². The second kappa shape index (κ2) is 4.84. The number of rotatable bonds is 4. The average Bonchev–Trinajstić information content (AvgIpc) is 3.07. The minimum atomic E-state index is -0.0546. The van der Waals surface area contributed by atoms with E-state index in [0.29, 0.717) is 11.0 Å². The van der Waals surface area contributed by atoms with Gasteiger partial charge >= 0.3 is 0 Å². The molecule has 1 aliphatic carbocycles. The Bertz CT molecular complexity index is 405. The molecular weight excluding hydrogens is 336 g/mol. The first kappa shape index (κ1) is 12.0. The van der Waals surface area contributed by atoms with Gasteiger partial charge in [-0.1, -0.05) is 15.9 Å². The van der Waals surface area contributed by atoms with Gasteiger partial charge in [-0.25, -0.2) is 0 Å². The van der Waals surface area contributed by atoms with E-state index in [0.717, 1.165) is 16.3 Å². The summed E-state index contributed by atoms with van der Waals surface area (Å²) in [6.07, 6.45) is 5.62. The SMILES string of the molecule is O=C(NCC1(CBr)CC1)c1cncc(Br)c1. The molecular formula is C11H12Br2N2O. The van der Waals surface area contributed by atoms with Crippen LogP contribution in [0, 0.1) is 5.41 Å². The lowest BCUT2D eigenvalue weighted by atomic mass is 10.1. The molecule has 0 aliphatic heterocycles. The lowest BCUT2D eigenvalue weighted by Gasteiger charge is -2.12. The smallest absolute Gasteiger partial charge is 0.252 e. The van der Waals surface area contributed by atoms with Crippen LogP contribution in [-0.4, -0.2) is 22.8 Å². The van der Waals surface area contributed by atoms with E-state index < -0.39 is 0 Å². The molecule has 0 spiro atoms. The molecule has 1 saturated carbocycles. The van der Waals surface area contributed by atoms with Crippen LogP contribution in [0.15, 0.2) is 22.9 Å². The second-order valence-corrected chi connectivity index (χ2v) is 5.68. The van der Waals surface area contributed by atoms with Crippen molar-refractivity contribution in [2.45, 2.75) is 12.8 Å². The highest BCUT2D eigenvalue weighted by molar-refractivity contribution is 9.10. The van der Waals surface area contributed by atoms with Gasteiger partial charge in [0.25, 0.3) is 5.91 Å². The maximum absolute atomic E-state index is 11.8. The molecule has 0 unspecified atom stereocenters. The zero-order valence-corrected chi connectivity index (χ0v) is 11.8. The van der Waals surface area contributed by atoms with Crippen LogP contribution in [-0.2, 0) is 0 Å². The van der Waals surface area contributed by atoms with E-state index in [1.165, 1.54) is 12.8 Å². The Morgan fingerprint density at radius 3 is 2.81 bits per heavy atom. The van der Waals surface area contributed by atoms with Crippen molar-refractivity contribution in [1.29, 1.82) is 0 Å². The summed E-state index contributed by atoms with van der Waals surface area (Å²) in [5.74, 6) is -0.0546. The summed E-state index contributed by atoms with van der Waals surface area (Å²) in [6.45, 7) is 0.740.